The fraction of sp³-hybridized carbons (Fsp3) is 0.300. The zero-order chi connectivity index (χ0) is 18.9. The van der Waals surface area contributed by atoms with E-state index in [1.807, 2.05) is 0 Å². The highest BCUT2D eigenvalue weighted by atomic mass is 19.1. The molecule has 0 aliphatic heterocycles. The Kier molecular flexibility index (Phi) is 6.98. The maximum atomic E-state index is 14.5. The zero-order valence-corrected chi connectivity index (χ0v) is 14.9. The van der Waals surface area contributed by atoms with Crippen molar-refractivity contribution in [3.63, 3.8) is 0 Å². The average molecular weight is 355 g/mol. The van der Waals surface area contributed by atoms with Gasteiger partial charge < -0.3 is 15.8 Å². The van der Waals surface area contributed by atoms with E-state index in [2.05, 4.69) is 22.1 Å². The lowest BCUT2D eigenvalue weighted by atomic mass is 10.2. The molecule has 0 unspecified atom stereocenters. The number of nitrogens with zero attached hydrogens (tertiary/aromatic N) is 1. The van der Waals surface area contributed by atoms with Gasteiger partial charge in [0.25, 0.3) is 5.91 Å². The minimum absolute atomic E-state index is 0.0318. The molecular weight excluding hydrogens is 333 g/mol. The maximum Gasteiger partial charge on any atom is 0.259 e. The number of nitrogen functional groups attached to an aromatic ring is 1. The van der Waals surface area contributed by atoms with E-state index < -0.39 is 11.7 Å². The number of nitrogens with one attached hydrogen (secondary N) is 1. The highest BCUT2D eigenvalue weighted by Crippen LogP contribution is 2.25. The largest absolute Gasteiger partial charge is 0.490 e. The van der Waals surface area contributed by atoms with Crippen molar-refractivity contribution in [3.05, 3.63) is 47.4 Å². The summed E-state index contributed by atoms with van der Waals surface area (Å²) < 4.78 is 20.0. The molecule has 1 aromatic carbocycles. The molecule has 26 heavy (non-hydrogen) atoms. The van der Waals surface area contributed by atoms with E-state index in [4.69, 9.17) is 10.5 Å². The van der Waals surface area contributed by atoms with Crippen molar-refractivity contribution in [1.29, 1.82) is 0 Å². The van der Waals surface area contributed by atoms with Crippen LogP contribution in [0.2, 0.25) is 0 Å². The quantitative estimate of drug-likeness (QED) is 0.583. The predicted octanol–water partition coefficient (Wildman–Crippen LogP) is 3.94. The maximum absolute atomic E-state index is 14.5. The van der Waals surface area contributed by atoms with Crippen LogP contribution in [-0.2, 0) is 0 Å². The molecule has 2 aromatic rings. The Labute approximate surface area is 152 Å². The van der Waals surface area contributed by atoms with Crippen molar-refractivity contribution < 1.29 is 13.9 Å². The summed E-state index contributed by atoms with van der Waals surface area (Å²) in [6.07, 6.45) is 2.46. The molecule has 0 saturated carbocycles. The Morgan fingerprint density at radius 3 is 2.85 bits per heavy atom. The number of nitrogens with two attached hydrogens (primary N) is 1. The highest BCUT2D eigenvalue weighted by Gasteiger charge is 2.15. The van der Waals surface area contributed by atoms with E-state index in [9.17, 15) is 9.18 Å². The fourth-order valence-corrected chi connectivity index (χ4v) is 2.30. The summed E-state index contributed by atoms with van der Waals surface area (Å²) in [4.78, 5) is 16.4. The average Bonchev–Trinajstić information content (AvgIpc) is 2.60. The number of carbonyl (C=O) groups is 1. The number of carbonyl (C=O) groups excluding carboxylic acids is 1. The monoisotopic (exact) mass is 355 g/mol. The van der Waals surface area contributed by atoms with Gasteiger partial charge in [0.15, 0.2) is 11.6 Å². The van der Waals surface area contributed by atoms with Crippen molar-refractivity contribution >= 4 is 17.4 Å². The Hall–Kier alpha value is -3.07. The van der Waals surface area contributed by atoms with E-state index in [1.165, 1.54) is 12.1 Å². The molecule has 0 aliphatic rings. The van der Waals surface area contributed by atoms with Crippen LogP contribution in [0.1, 0.15) is 42.2 Å². The number of rotatable bonds is 7. The second-order valence-electron chi connectivity index (χ2n) is 5.69. The van der Waals surface area contributed by atoms with Crippen LogP contribution < -0.4 is 15.8 Å². The van der Waals surface area contributed by atoms with Crippen molar-refractivity contribution in [1.82, 2.24) is 4.98 Å². The number of amides is 1. The summed E-state index contributed by atoms with van der Waals surface area (Å²) in [7, 11) is 0. The summed E-state index contributed by atoms with van der Waals surface area (Å²) in [6.45, 7) is 3.95. The summed E-state index contributed by atoms with van der Waals surface area (Å²) in [5.74, 6) is 4.85. The van der Waals surface area contributed by atoms with E-state index >= 15 is 0 Å². The second-order valence-corrected chi connectivity index (χ2v) is 5.69. The summed E-state index contributed by atoms with van der Waals surface area (Å²) in [5.41, 5.74) is 6.68. The first-order chi connectivity index (χ1) is 12.5. The first-order valence-electron chi connectivity index (χ1n) is 8.38. The van der Waals surface area contributed by atoms with Gasteiger partial charge in [0.1, 0.15) is 5.82 Å². The van der Waals surface area contributed by atoms with Gasteiger partial charge in [-0.25, -0.2) is 9.37 Å². The van der Waals surface area contributed by atoms with Gasteiger partial charge in [0, 0.05) is 12.1 Å². The number of hydrogen-bond acceptors (Lipinski definition) is 4. The number of ether oxygens (including phenoxy) is 1. The summed E-state index contributed by atoms with van der Waals surface area (Å²) in [6, 6.07) is 7.84. The third-order valence-electron chi connectivity index (χ3n) is 3.65. The van der Waals surface area contributed by atoms with Gasteiger partial charge in [-0.3, -0.25) is 4.79 Å². The molecule has 0 bridgehead atoms. The third kappa shape index (κ3) is 5.21. The molecule has 0 atom stereocenters. The molecule has 0 saturated heterocycles. The van der Waals surface area contributed by atoms with Crippen LogP contribution >= 0.6 is 0 Å². The molecule has 1 heterocycles. The van der Waals surface area contributed by atoms with Crippen LogP contribution in [0.25, 0.3) is 0 Å². The van der Waals surface area contributed by atoms with Gasteiger partial charge in [-0.2, -0.15) is 0 Å². The van der Waals surface area contributed by atoms with E-state index in [1.54, 1.807) is 32.0 Å². The Morgan fingerprint density at radius 1 is 1.31 bits per heavy atom. The van der Waals surface area contributed by atoms with Gasteiger partial charge in [0.2, 0.25) is 0 Å². The number of aromatic nitrogens is 1. The van der Waals surface area contributed by atoms with Gasteiger partial charge in [-0.1, -0.05) is 6.07 Å². The lowest BCUT2D eigenvalue weighted by Gasteiger charge is -2.12. The molecule has 5 nitrogen and oxygen atoms in total. The minimum Gasteiger partial charge on any atom is -0.490 e. The molecule has 2 rings (SSSR count). The van der Waals surface area contributed by atoms with Crippen LogP contribution in [0, 0.1) is 24.6 Å². The molecule has 0 radical (unpaired) electrons. The van der Waals surface area contributed by atoms with Crippen LogP contribution in [-0.4, -0.2) is 17.5 Å². The molecule has 0 fully saturated rings. The Balaban J connectivity index is 2.01. The number of hydrogen-bond donors (Lipinski definition) is 2. The van der Waals surface area contributed by atoms with Crippen LogP contribution in [0.5, 0.6) is 5.75 Å². The minimum atomic E-state index is -0.618. The lowest BCUT2D eigenvalue weighted by molar-refractivity contribution is 0.102. The molecule has 0 aliphatic carbocycles. The summed E-state index contributed by atoms with van der Waals surface area (Å²) in [5, 5.41) is 2.51. The standard InChI is InChI=1S/C20H22FN3O2/c1-3-4-5-6-7-13-26-17-10-8-9-16(18(17)21)24-20(25)15-12-11-14(2)23-19(15)22/h8-12H,5-7,13H2,1-2H3,(H2,22,23)(H,24,25). The van der Waals surface area contributed by atoms with Gasteiger partial charge in [0.05, 0.1) is 17.9 Å². The van der Waals surface area contributed by atoms with Crippen molar-refractivity contribution in [2.24, 2.45) is 0 Å². The van der Waals surface area contributed by atoms with Gasteiger partial charge in [-0.05, 0) is 51.0 Å². The van der Waals surface area contributed by atoms with Gasteiger partial charge >= 0.3 is 0 Å². The van der Waals surface area contributed by atoms with Crippen molar-refractivity contribution in [2.75, 3.05) is 17.7 Å². The number of pyridine rings is 1. The predicted molar refractivity (Wildman–Crippen MR) is 101 cm³/mol. The van der Waals surface area contributed by atoms with Gasteiger partial charge in [-0.15, -0.1) is 11.8 Å². The fourth-order valence-electron chi connectivity index (χ4n) is 2.30. The van der Waals surface area contributed by atoms with Crippen LogP contribution in [0.4, 0.5) is 15.9 Å². The topological polar surface area (TPSA) is 77.2 Å². The number of unbranched alkanes of at least 4 members (excludes halogenated alkanes) is 2. The molecule has 0 spiro atoms. The molecule has 1 aromatic heterocycles. The summed E-state index contributed by atoms with van der Waals surface area (Å²) >= 11 is 0. The molecule has 6 heteroatoms. The van der Waals surface area contributed by atoms with Crippen LogP contribution in [0.3, 0.4) is 0 Å². The smallest absolute Gasteiger partial charge is 0.259 e. The number of benzene rings is 1. The molecule has 3 N–H and O–H groups in total. The normalized spacial score (nSPS) is 9.96. The van der Waals surface area contributed by atoms with E-state index in [0.29, 0.717) is 12.3 Å². The second kappa shape index (κ2) is 9.42. The first-order valence-corrected chi connectivity index (χ1v) is 8.38. The Morgan fingerprint density at radius 2 is 2.12 bits per heavy atom. The van der Waals surface area contributed by atoms with Crippen LogP contribution in [0.15, 0.2) is 30.3 Å². The lowest BCUT2D eigenvalue weighted by Crippen LogP contribution is -2.16. The molecular formula is C20H22FN3O2. The zero-order valence-electron chi connectivity index (χ0n) is 14.9. The number of halogens is 1. The molecule has 136 valence electrons. The first kappa shape index (κ1) is 19.3. The SMILES string of the molecule is CC#CCCCCOc1cccc(NC(=O)c2ccc(C)nc2N)c1F. The number of anilines is 2. The molecule has 1 amide bonds. The Bertz CT molecular complexity index is 841. The highest BCUT2D eigenvalue weighted by molar-refractivity contribution is 6.07. The number of aryl methyl sites for hydroxylation is 1. The van der Waals surface area contributed by atoms with Crippen molar-refractivity contribution in [2.45, 2.75) is 33.1 Å². The van der Waals surface area contributed by atoms with Crippen molar-refractivity contribution in [3.8, 4) is 17.6 Å². The third-order valence-corrected chi connectivity index (χ3v) is 3.65. The van der Waals surface area contributed by atoms with E-state index in [-0.39, 0.29) is 22.8 Å². The van der Waals surface area contributed by atoms with E-state index in [0.717, 1.165) is 19.3 Å².